The number of rotatable bonds is 0. The molecule has 0 saturated heterocycles. The van der Waals surface area contributed by atoms with Gasteiger partial charge in [0, 0.05) is 18.9 Å². The van der Waals surface area contributed by atoms with Gasteiger partial charge in [-0.3, -0.25) is 0 Å². The van der Waals surface area contributed by atoms with Gasteiger partial charge in [0.15, 0.2) is 0 Å². The van der Waals surface area contributed by atoms with Crippen LogP contribution in [0.4, 0.5) is 0 Å². The van der Waals surface area contributed by atoms with E-state index >= 15 is 0 Å². The molecule has 0 amide bonds. The van der Waals surface area contributed by atoms with Crippen molar-refractivity contribution < 1.29 is 0 Å². The minimum absolute atomic E-state index is 0.995. The van der Waals surface area contributed by atoms with Crippen molar-refractivity contribution in [3.63, 3.8) is 0 Å². The van der Waals surface area contributed by atoms with E-state index < -0.39 is 0 Å². The van der Waals surface area contributed by atoms with Crippen LogP contribution in [0.5, 0.6) is 0 Å². The molecule has 0 bridgehead atoms. The third-order valence-corrected chi connectivity index (χ3v) is 1.32. The first-order chi connectivity index (χ1) is 4.97. The lowest BCUT2D eigenvalue weighted by atomic mass is 10.5. The van der Waals surface area contributed by atoms with Gasteiger partial charge in [-0.15, -0.1) is 0 Å². The van der Waals surface area contributed by atoms with Gasteiger partial charge in [-0.2, -0.15) is 0 Å². The van der Waals surface area contributed by atoms with E-state index in [4.69, 9.17) is 0 Å². The summed E-state index contributed by atoms with van der Waals surface area (Å²) in [4.78, 5) is 4.07. The fraction of sp³-hybridized carbons (Fsp3) is 0.375. The summed E-state index contributed by atoms with van der Waals surface area (Å²) in [5, 5.41) is 0. The largest absolute Gasteiger partial charge is 0.328 e. The van der Waals surface area contributed by atoms with Crippen molar-refractivity contribution in [2.24, 2.45) is 0 Å². The molecule has 2 heteroatoms. The molecule has 0 aliphatic carbocycles. The second-order valence-corrected chi connectivity index (χ2v) is 1.84. The van der Waals surface area contributed by atoms with E-state index in [1.807, 2.05) is 32.3 Å². The van der Waals surface area contributed by atoms with Gasteiger partial charge >= 0.3 is 0 Å². The van der Waals surface area contributed by atoms with E-state index in [0.29, 0.717) is 0 Å². The maximum Gasteiger partial charge on any atom is 0.132 e. The average molecular weight is 136 g/mol. The molecule has 0 aromatic carbocycles. The minimum Gasteiger partial charge on any atom is -0.328 e. The fourth-order valence-electron chi connectivity index (χ4n) is 0.906. The number of aromatic nitrogens is 2. The summed E-state index contributed by atoms with van der Waals surface area (Å²) in [7, 11) is 0. The lowest BCUT2D eigenvalue weighted by Crippen LogP contribution is -1.88. The molecule has 0 fully saturated rings. The Bertz CT molecular complexity index is 223. The monoisotopic (exact) mass is 136 g/mol. The highest BCUT2D eigenvalue weighted by Gasteiger charge is 2.00. The number of hydrogen-bond acceptors (Lipinski definition) is 1. The number of fused-ring (bicyclic) bond motifs is 1. The summed E-state index contributed by atoms with van der Waals surface area (Å²) in [6.07, 6.45) is 7.93. The first-order valence-corrected chi connectivity index (χ1v) is 3.64. The Balaban J connectivity index is 0.000000231. The number of imidazole rings is 1. The van der Waals surface area contributed by atoms with Crippen molar-refractivity contribution in [2.45, 2.75) is 20.4 Å². The van der Waals surface area contributed by atoms with Crippen molar-refractivity contribution >= 4 is 6.08 Å². The van der Waals surface area contributed by atoms with Crippen LogP contribution in [0, 0.1) is 0 Å². The first-order valence-electron chi connectivity index (χ1n) is 3.64. The van der Waals surface area contributed by atoms with Gasteiger partial charge < -0.3 is 4.57 Å². The quantitative estimate of drug-likeness (QED) is 0.533. The summed E-state index contributed by atoms with van der Waals surface area (Å²) in [6.45, 7) is 5.00. The van der Waals surface area contributed by atoms with Crippen LogP contribution in [0.3, 0.4) is 0 Å². The summed E-state index contributed by atoms with van der Waals surface area (Å²) in [5.41, 5.74) is 0. The Morgan fingerprint density at radius 1 is 1.50 bits per heavy atom. The van der Waals surface area contributed by atoms with Crippen molar-refractivity contribution in [3.8, 4) is 0 Å². The molecule has 1 aromatic rings. The van der Waals surface area contributed by atoms with E-state index in [2.05, 4.69) is 15.6 Å². The second kappa shape index (κ2) is 3.20. The molecule has 0 atom stereocenters. The molecule has 2 rings (SSSR count). The topological polar surface area (TPSA) is 17.8 Å². The summed E-state index contributed by atoms with van der Waals surface area (Å²) < 4.78 is 2.10. The smallest absolute Gasteiger partial charge is 0.132 e. The van der Waals surface area contributed by atoms with E-state index in [1.165, 1.54) is 0 Å². The lowest BCUT2D eigenvalue weighted by molar-refractivity contribution is 0.837. The fourth-order valence-corrected chi connectivity index (χ4v) is 0.906. The van der Waals surface area contributed by atoms with Crippen LogP contribution in [-0.4, -0.2) is 9.55 Å². The Morgan fingerprint density at radius 3 is 3.00 bits per heavy atom. The molecule has 54 valence electrons. The van der Waals surface area contributed by atoms with Gasteiger partial charge in [0.05, 0.1) is 0 Å². The van der Waals surface area contributed by atoms with E-state index in [1.54, 1.807) is 0 Å². The zero-order valence-electron chi connectivity index (χ0n) is 6.41. The third-order valence-electron chi connectivity index (χ3n) is 1.32. The highest BCUT2D eigenvalue weighted by atomic mass is 15.1. The lowest BCUT2D eigenvalue weighted by Gasteiger charge is -1.88. The Hall–Kier alpha value is -1.05. The molecule has 0 unspecified atom stereocenters. The Kier molecular flexibility index (Phi) is 2.26. The van der Waals surface area contributed by atoms with Crippen LogP contribution in [0.1, 0.15) is 19.7 Å². The molecule has 0 spiro atoms. The summed E-state index contributed by atoms with van der Waals surface area (Å²) in [6, 6.07) is 0. The molecular weight excluding hydrogens is 124 g/mol. The summed E-state index contributed by atoms with van der Waals surface area (Å²) >= 11 is 0. The zero-order valence-corrected chi connectivity index (χ0v) is 6.41. The molecule has 1 aliphatic rings. The zero-order chi connectivity index (χ0) is 7.40. The number of nitrogens with zero attached hydrogens (tertiary/aromatic N) is 2. The van der Waals surface area contributed by atoms with E-state index in [9.17, 15) is 0 Å². The van der Waals surface area contributed by atoms with Crippen LogP contribution in [0.25, 0.3) is 6.08 Å². The number of hydrogen-bond donors (Lipinski definition) is 0. The van der Waals surface area contributed by atoms with Gasteiger partial charge in [-0.1, -0.05) is 19.9 Å². The van der Waals surface area contributed by atoms with E-state index in [0.717, 1.165) is 12.4 Å². The Morgan fingerprint density at radius 2 is 2.30 bits per heavy atom. The molecule has 0 N–H and O–H groups in total. The van der Waals surface area contributed by atoms with Gasteiger partial charge in [0.1, 0.15) is 5.82 Å². The average Bonchev–Trinajstić information content (AvgIpc) is 2.49. The molecule has 1 aliphatic heterocycles. The van der Waals surface area contributed by atoms with Crippen molar-refractivity contribution in [2.75, 3.05) is 0 Å². The van der Waals surface area contributed by atoms with Gasteiger partial charge in [-0.25, -0.2) is 4.98 Å². The van der Waals surface area contributed by atoms with Gasteiger partial charge in [0.2, 0.25) is 0 Å². The van der Waals surface area contributed by atoms with Gasteiger partial charge in [0.25, 0.3) is 0 Å². The van der Waals surface area contributed by atoms with Crippen LogP contribution in [0.2, 0.25) is 0 Å². The molecule has 0 saturated carbocycles. The first kappa shape index (κ1) is 7.06. The van der Waals surface area contributed by atoms with Gasteiger partial charge in [-0.05, 0) is 6.08 Å². The summed E-state index contributed by atoms with van der Waals surface area (Å²) in [5.74, 6) is 1.07. The van der Waals surface area contributed by atoms with E-state index in [-0.39, 0.29) is 0 Å². The van der Waals surface area contributed by atoms with Crippen molar-refractivity contribution in [3.05, 3.63) is 24.3 Å². The third kappa shape index (κ3) is 1.10. The normalized spacial score (nSPS) is 12.2. The predicted molar refractivity (Wildman–Crippen MR) is 42.6 cm³/mol. The van der Waals surface area contributed by atoms with Crippen LogP contribution >= 0.6 is 0 Å². The minimum atomic E-state index is 0.995. The maximum absolute atomic E-state index is 4.07. The SMILES string of the molecule is C1=Cc2nccn2C1.CC. The maximum atomic E-state index is 4.07. The van der Waals surface area contributed by atoms with Crippen LogP contribution < -0.4 is 0 Å². The van der Waals surface area contributed by atoms with Crippen molar-refractivity contribution in [1.29, 1.82) is 0 Å². The van der Waals surface area contributed by atoms with Crippen LogP contribution in [-0.2, 0) is 6.54 Å². The molecule has 2 heterocycles. The molecule has 2 nitrogen and oxygen atoms in total. The molecule has 1 aromatic heterocycles. The standard InChI is InChI=1S/C6H6N2.C2H6/c1-2-6-7-3-5-8(6)4-1;1-2/h1-3,5H,4H2;1-2H3. The molecular formula is C8H12N2. The highest BCUT2D eigenvalue weighted by Crippen LogP contribution is 2.06. The predicted octanol–water partition coefficient (Wildman–Crippen LogP) is 1.94. The van der Waals surface area contributed by atoms with Crippen LogP contribution in [0.15, 0.2) is 18.5 Å². The molecule has 0 radical (unpaired) electrons. The number of allylic oxidation sites excluding steroid dienone is 1. The highest BCUT2D eigenvalue weighted by molar-refractivity contribution is 5.43. The molecule has 10 heavy (non-hydrogen) atoms. The Labute approximate surface area is 61.2 Å². The van der Waals surface area contributed by atoms with Crippen molar-refractivity contribution in [1.82, 2.24) is 9.55 Å². The second-order valence-electron chi connectivity index (χ2n) is 1.84.